The third kappa shape index (κ3) is 5.74. The van der Waals surface area contributed by atoms with Gasteiger partial charge in [-0.2, -0.15) is 0 Å². The molecular formula is C29H41F2N5O. The van der Waals surface area contributed by atoms with Crippen molar-refractivity contribution in [2.45, 2.75) is 114 Å². The van der Waals surface area contributed by atoms with Gasteiger partial charge in [-0.1, -0.05) is 44.2 Å². The molecule has 1 amide bonds. The van der Waals surface area contributed by atoms with Crippen molar-refractivity contribution >= 4 is 5.91 Å². The van der Waals surface area contributed by atoms with Gasteiger partial charge in [0.05, 0.1) is 6.04 Å². The van der Waals surface area contributed by atoms with E-state index < -0.39 is 55.2 Å². The number of hydrogen-bond acceptors (Lipinski definition) is 4. The second-order valence-corrected chi connectivity index (χ2v) is 10.8. The number of nitrogens with one attached hydrogen (secondary N) is 1. The maximum atomic E-state index is 14.5. The molecule has 1 aliphatic carbocycles. The number of fused-ring (bicyclic) bond motifs is 2. The molecule has 3 aliphatic rings. The number of carbonyl (C=O) groups excluding carboxylic acids is 1. The van der Waals surface area contributed by atoms with E-state index in [1.54, 1.807) is 0 Å². The van der Waals surface area contributed by atoms with Gasteiger partial charge in [-0.3, -0.25) is 9.69 Å². The second-order valence-electron chi connectivity index (χ2n) is 10.8. The summed E-state index contributed by atoms with van der Waals surface area (Å²) in [5, 5.41) is 11.4. The fraction of sp³-hybridized carbons (Fsp3) is 0.690. The molecule has 0 spiro atoms. The molecule has 6 nitrogen and oxygen atoms in total. The summed E-state index contributed by atoms with van der Waals surface area (Å²) in [5.74, 6) is -7.07. The van der Waals surface area contributed by atoms with Gasteiger partial charge < -0.3 is 9.88 Å². The Labute approximate surface area is 227 Å². The number of nitrogens with zero attached hydrogens (tertiary/aromatic N) is 4. The highest BCUT2D eigenvalue weighted by molar-refractivity contribution is 5.79. The minimum atomic E-state index is -4.32. The van der Waals surface area contributed by atoms with Crippen molar-refractivity contribution in [1.29, 1.82) is 0 Å². The van der Waals surface area contributed by atoms with Crippen molar-refractivity contribution in [2.75, 3.05) is 6.54 Å². The Kier molecular flexibility index (Phi) is 5.74. The Balaban J connectivity index is 1.31. The molecule has 37 heavy (non-hydrogen) atoms. The molecule has 1 saturated carbocycles. The first-order chi connectivity index (χ1) is 19.9. The first kappa shape index (κ1) is 19.7. The van der Waals surface area contributed by atoms with Gasteiger partial charge in [-0.25, -0.2) is 8.78 Å². The summed E-state index contributed by atoms with van der Waals surface area (Å²) in [4.78, 5) is 15.9. The maximum absolute atomic E-state index is 14.5. The van der Waals surface area contributed by atoms with Crippen LogP contribution in [-0.2, 0) is 4.79 Å². The van der Waals surface area contributed by atoms with Gasteiger partial charge in [-0.15, -0.1) is 10.2 Å². The van der Waals surface area contributed by atoms with Crippen molar-refractivity contribution in [2.24, 2.45) is 5.89 Å². The number of piperidine rings is 1. The smallest absolute Gasteiger partial charge is 0.248 e. The quantitative estimate of drug-likeness (QED) is 0.468. The highest BCUT2D eigenvalue weighted by Gasteiger charge is 2.42. The van der Waals surface area contributed by atoms with Crippen LogP contribution in [0.5, 0.6) is 0 Å². The normalized spacial score (nSPS) is 33.2. The third-order valence-electron chi connectivity index (χ3n) is 8.09. The van der Waals surface area contributed by atoms with Crippen molar-refractivity contribution in [3.8, 4) is 0 Å². The molecule has 2 aromatic rings. The predicted octanol–water partition coefficient (Wildman–Crippen LogP) is 5.95. The maximum Gasteiger partial charge on any atom is 0.248 e. The van der Waals surface area contributed by atoms with Gasteiger partial charge in [0.2, 0.25) is 11.8 Å². The number of hydrogen-bond donors (Lipinski definition) is 1. The molecule has 8 heteroatoms. The average molecular weight is 520 g/mol. The van der Waals surface area contributed by atoms with Gasteiger partial charge >= 0.3 is 0 Å². The van der Waals surface area contributed by atoms with Crippen molar-refractivity contribution in [3.05, 3.63) is 47.5 Å². The van der Waals surface area contributed by atoms with Crippen LogP contribution >= 0.6 is 0 Å². The van der Waals surface area contributed by atoms with E-state index in [4.69, 9.17) is 8.22 Å². The zero-order valence-corrected chi connectivity index (χ0v) is 21.8. The van der Waals surface area contributed by atoms with Gasteiger partial charge in [0, 0.05) is 57.4 Å². The van der Waals surface area contributed by atoms with Crippen LogP contribution in [0.4, 0.5) is 8.78 Å². The van der Waals surface area contributed by atoms with E-state index in [9.17, 15) is 13.6 Å². The number of amides is 1. The standard InChI is InChI=1S/C29H41F2N5O/c1-19(2)27-34-33-20(3)36(27)25-17-23-9-10-24(18-25)35(23)16-13-26(21-7-5-4-6-8-21)32-28(37)22-11-14-29(30,31)15-12-22/h4-8,19,22-26H,9-18H2,1-3H3,(H,32,37)/i14D2,15D2,19D,22D. The van der Waals surface area contributed by atoms with Crippen molar-refractivity contribution in [3.63, 3.8) is 0 Å². The average Bonchev–Trinajstić information content (AvgIpc) is 3.40. The lowest BCUT2D eigenvalue weighted by Gasteiger charge is -2.40. The Hall–Kier alpha value is -2.35. The number of benzene rings is 1. The van der Waals surface area contributed by atoms with Gasteiger partial charge in [0.25, 0.3) is 0 Å². The summed E-state index contributed by atoms with van der Waals surface area (Å²) in [6.07, 6.45) is -4.60. The summed E-state index contributed by atoms with van der Waals surface area (Å²) in [5.41, 5.74) is 0.774. The van der Waals surface area contributed by atoms with E-state index in [0.717, 1.165) is 37.1 Å². The largest absolute Gasteiger partial charge is 0.349 e. The number of rotatable bonds is 8. The van der Waals surface area contributed by atoms with Gasteiger partial charge in [-0.05, 0) is 57.4 Å². The fourth-order valence-electron chi connectivity index (χ4n) is 6.24. The highest BCUT2D eigenvalue weighted by atomic mass is 19.3. The van der Waals surface area contributed by atoms with Crippen LogP contribution in [-0.4, -0.2) is 50.1 Å². The minimum Gasteiger partial charge on any atom is -0.349 e. The molecule has 3 atom stereocenters. The number of alkyl halides is 2. The molecule has 1 aromatic heterocycles. The summed E-state index contributed by atoms with van der Waals surface area (Å²) in [6, 6.07) is 9.38. The van der Waals surface area contributed by atoms with Gasteiger partial charge in [0.15, 0.2) is 0 Å². The van der Waals surface area contributed by atoms with Crippen molar-refractivity contribution < 1.29 is 21.8 Å². The van der Waals surface area contributed by atoms with Crippen LogP contribution in [0.2, 0.25) is 0 Å². The Morgan fingerprint density at radius 3 is 2.41 bits per heavy atom. The molecule has 5 rings (SSSR count). The van der Waals surface area contributed by atoms with E-state index in [2.05, 4.69) is 25.0 Å². The molecule has 0 radical (unpaired) electrons. The van der Waals surface area contributed by atoms with Crippen molar-refractivity contribution in [1.82, 2.24) is 25.0 Å². The summed E-state index contributed by atoms with van der Waals surface area (Å²) < 4.78 is 79.7. The van der Waals surface area contributed by atoms with Crippen LogP contribution in [0.15, 0.2) is 30.3 Å². The van der Waals surface area contributed by atoms with Crippen LogP contribution < -0.4 is 5.32 Å². The molecule has 3 fully saturated rings. The van der Waals surface area contributed by atoms with Crippen LogP contribution in [0, 0.1) is 12.8 Å². The monoisotopic (exact) mass is 519 g/mol. The van der Waals surface area contributed by atoms with Crippen LogP contribution in [0.3, 0.4) is 0 Å². The molecule has 2 aliphatic heterocycles. The van der Waals surface area contributed by atoms with Crippen LogP contribution in [0.1, 0.15) is 115 Å². The van der Waals surface area contributed by atoms with E-state index in [-0.39, 0.29) is 6.04 Å². The molecule has 2 bridgehead atoms. The van der Waals surface area contributed by atoms with E-state index in [1.807, 2.05) is 51.1 Å². The Morgan fingerprint density at radius 1 is 1.14 bits per heavy atom. The molecule has 1 aromatic carbocycles. The first-order valence-electron chi connectivity index (χ1n) is 16.3. The highest BCUT2D eigenvalue weighted by Crippen LogP contribution is 2.42. The lowest BCUT2D eigenvalue weighted by Crippen LogP contribution is -2.45. The topological polar surface area (TPSA) is 63.1 Å². The second kappa shape index (κ2) is 10.8. The lowest BCUT2D eigenvalue weighted by molar-refractivity contribution is -0.130. The lowest BCUT2D eigenvalue weighted by atomic mass is 9.86. The van der Waals surface area contributed by atoms with E-state index >= 15 is 0 Å². The fourth-order valence-corrected chi connectivity index (χ4v) is 6.24. The Bertz CT molecular complexity index is 1300. The molecule has 2 saturated heterocycles. The summed E-state index contributed by atoms with van der Waals surface area (Å²) >= 11 is 0. The zero-order chi connectivity index (χ0) is 31.6. The number of aryl methyl sites for hydroxylation is 1. The zero-order valence-electron chi connectivity index (χ0n) is 27.8. The number of aromatic nitrogens is 3. The minimum absolute atomic E-state index is 0.186. The molecule has 202 valence electrons. The van der Waals surface area contributed by atoms with Crippen LogP contribution in [0.25, 0.3) is 0 Å². The predicted molar refractivity (Wildman–Crippen MR) is 139 cm³/mol. The number of carbonyl (C=O) groups is 1. The Morgan fingerprint density at radius 2 is 1.78 bits per heavy atom. The molecule has 1 N–H and O–H groups in total. The molecule has 3 heterocycles. The van der Waals surface area contributed by atoms with E-state index in [0.29, 0.717) is 30.9 Å². The SMILES string of the molecule is [2H]C1(C(=O)NC(CCN2C3CCC2CC(n2c(C)nnc2C([2H])(C)C)C3)c2ccccc2)CC([2H])([2H])C(F)(F)C([2H])([2H])C1. The molecule has 3 unspecified atom stereocenters. The summed E-state index contributed by atoms with van der Waals surface area (Å²) in [6.45, 7) is 6.20. The summed E-state index contributed by atoms with van der Waals surface area (Å²) in [7, 11) is 0. The number of halogens is 2. The molecular weight excluding hydrogens is 472 g/mol. The van der Waals surface area contributed by atoms with E-state index in [1.165, 1.54) is 0 Å². The first-order valence-corrected chi connectivity index (χ1v) is 13.3. The van der Waals surface area contributed by atoms with Gasteiger partial charge in [0.1, 0.15) is 11.6 Å². The third-order valence-corrected chi connectivity index (χ3v) is 8.09.